The smallest absolute Gasteiger partial charge is 0.0759 e. The van der Waals surface area contributed by atoms with Crippen LogP contribution in [0.2, 0.25) is 5.82 Å². The highest BCUT2D eigenvalue weighted by Crippen LogP contribution is 2.14. The van der Waals surface area contributed by atoms with Crippen LogP contribution >= 0.6 is 0 Å². The van der Waals surface area contributed by atoms with Crippen LogP contribution in [0.15, 0.2) is 36.4 Å². The molecule has 2 radical (unpaired) electrons. The molecule has 1 unspecified atom stereocenters. The molecule has 1 heterocycles. The zero-order valence-corrected chi connectivity index (χ0v) is 12.5. The molecule has 0 saturated carbocycles. The van der Waals surface area contributed by atoms with Gasteiger partial charge in [-0.15, -0.1) is 0 Å². The van der Waals surface area contributed by atoms with Crippen molar-refractivity contribution in [2.45, 2.75) is 38.4 Å². The summed E-state index contributed by atoms with van der Waals surface area (Å²) in [5.74, 6) is 0.126. The minimum absolute atomic E-state index is 0.126. The molecule has 2 aromatic rings. The van der Waals surface area contributed by atoms with Gasteiger partial charge >= 0.3 is 0 Å². The molecule has 1 aliphatic rings. The van der Waals surface area contributed by atoms with Gasteiger partial charge in [0.05, 0.1) is 13.2 Å². The number of aryl methyl sites for hydroxylation is 1. The van der Waals surface area contributed by atoms with Crippen molar-refractivity contribution in [2.24, 2.45) is 0 Å². The summed E-state index contributed by atoms with van der Waals surface area (Å²) >= 11 is 0. The van der Waals surface area contributed by atoms with Crippen LogP contribution in [0.25, 0.3) is 12.2 Å². The molecule has 0 aliphatic heterocycles. The number of aromatic nitrogens is 1. The van der Waals surface area contributed by atoms with E-state index in [0.29, 0.717) is 0 Å². The molecule has 1 atom stereocenters. The first-order valence-electron chi connectivity index (χ1n) is 7.76. The predicted octanol–water partition coefficient (Wildman–Crippen LogP) is 2.55. The Morgan fingerprint density at radius 2 is 2.05 bits per heavy atom. The molecule has 104 valence electrons. The van der Waals surface area contributed by atoms with Crippen molar-refractivity contribution in [1.29, 1.82) is 0 Å². The van der Waals surface area contributed by atoms with E-state index in [1.165, 1.54) is 22.0 Å². The van der Waals surface area contributed by atoms with Crippen molar-refractivity contribution in [2.75, 3.05) is 0 Å². The van der Waals surface area contributed by atoms with Crippen molar-refractivity contribution < 1.29 is 0 Å². The van der Waals surface area contributed by atoms with Crippen molar-refractivity contribution in [3.05, 3.63) is 63.8 Å². The van der Waals surface area contributed by atoms with E-state index < -0.39 is 0 Å². The number of hydrogen-bond acceptors (Lipinski definition) is 1. The Labute approximate surface area is 127 Å². The number of pyridine rings is 1. The van der Waals surface area contributed by atoms with Crippen LogP contribution in [0.3, 0.4) is 0 Å². The molecule has 1 nitrogen and oxygen atoms in total. The van der Waals surface area contributed by atoms with Crippen molar-refractivity contribution in [1.82, 2.24) is 4.98 Å². The lowest BCUT2D eigenvalue weighted by Gasteiger charge is -2.13. The molecule has 0 N–H and O–H groups in total. The fraction of sp³-hybridized carbons (Fsp3) is 0.316. The molecule has 3 rings (SSSR count). The largest absolute Gasteiger partial charge is 0.253 e. The second-order valence-corrected chi connectivity index (χ2v) is 5.75. The van der Waals surface area contributed by atoms with Gasteiger partial charge in [0.1, 0.15) is 0 Å². The molecular weight excluding hydrogens is 253 g/mol. The normalized spacial score (nSPS) is 16.7. The average molecular weight is 273 g/mol. The number of hydrogen-bond donors (Lipinski definition) is 0. The lowest BCUT2D eigenvalue weighted by Crippen LogP contribution is -2.33. The Morgan fingerprint density at radius 1 is 1.24 bits per heavy atom. The Kier molecular flexibility index (Phi) is 4.24. The van der Waals surface area contributed by atoms with E-state index in [9.17, 15) is 0 Å². The van der Waals surface area contributed by atoms with Crippen LogP contribution < -0.4 is 10.6 Å². The van der Waals surface area contributed by atoms with Crippen LogP contribution in [0.1, 0.15) is 36.6 Å². The molecule has 1 aromatic carbocycles. The highest BCUT2D eigenvalue weighted by molar-refractivity contribution is 6.15. The first-order valence-corrected chi connectivity index (χ1v) is 7.76. The van der Waals surface area contributed by atoms with Gasteiger partial charge in [0.15, 0.2) is 0 Å². The van der Waals surface area contributed by atoms with E-state index in [1.807, 2.05) is 0 Å². The highest BCUT2D eigenvalue weighted by Gasteiger charge is 2.09. The maximum absolute atomic E-state index is 6.03. The summed E-state index contributed by atoms with van der Waals surface area (Å²) in [6, 6.07) is 12.9. The van der Waals surface area contributed by atoms with Gasteiger partial charge in [0.2, 0.25) is 0 Å². The lowest BCUT2D eigenvalue weighted by atomic mass is 9.81. The third kappa shape index (κ3) is 3.26. The van der Waals surface area contributed by atoms with Gasteiger partial charge in [0, 0.05) is 5.69 Å². The highest BCUT2D eigenvalue weighted by atomic mass is 14.7. The van der Waals surface area contributed by atoms with Crippen LogP contribution in [0.5, 0.6) is 0 Å². The van der Waals surface area contributed by atoms with E-state index in [-0.39, 0.29) is 5.82 Å². The maximum atomic E-state index is 6.03. The monoisotopic (exact) mass is 273 g/mol. The van der Waals surface area contributed by atoms with E-state index in [0.717, 1.165) is 31.0 Å². The minimum atomic E-state index is 0.126. The zero-order valence-electron chi connectivity index (χ0n) is 12.5. The molecule has 0 bridgehead atoms. The van der Waals surface area contributed by atoms with Crippen molar-refractivity contribution in [3.63, 3.8) is 0 Å². The summed E-state index contributed by atoms with van der Waals surface area (Å²) in [6.45, 7) is 2.21. The summed E-state index contributed by atoms with van der Waals surface area (Å²) in [6.07, 6.45) is 8.31. The summed E-state index contributed by atoms with van der Waals surface area (Å²) in [4.78, 5) is 4.89. The van der Waals surface area contributed by atoms with E-state index in [1.54, 1.807) is 0 Å². The molecule has 0 spiro atoms. The second kappa shape index (κ2) is 6.30. The zero-order chi connectivity index (χ0) is 14.7. The van der Waals surface area contributed by atoms with E-state index in [4.69, 9.17) is 12.8 Å². The van der Waals surface area contributed by atoms with E-state index in [2.05, 4.69) is 55.5 Å². The van der Waals surface area contributed by atoms with Crippen LogP contribution in [0.4, 0.5) is 0 Å². The molecule has 0 saturated heterocycles. The minimum Gasteiger partial charge on any atom is -0.253 e. The third-order valence-corrected chi connectivity index (χ3v) is 3.95. The molecule has 1 aromatic heterocycles. The average Bonchev–Trinajstić information content (AvgIpc) is 2.49. The number of benzene rings is 1. The molecular formula is C19H20BN. The number of fused-ring (bicyclic) bond motifs is 1. The van der Waals surface area contributed by atoms with Gasteiger partial charge < -0.3 is 0 Å². The Hall–Kier alpha value is -1.83. The molecule has 0 amide bonds. The summed E-state index contributed by atoms with van der Waals surface area (Å²) < 4.78 is 0. The van der Waals surface area contributed by atoms with Gasteiger partial charge in [-0.25, -0.2) is 0 Å². The lowest BCUT2D eigenvalue weighted by molar-refractivity contribution is 0.848. The first-order chi connectivity index (χ1) is 10.3. The fourth-order valence-electron chi connectivity index (χ4n) is 2.89. The van der Waals surface area contributed by atoms with Crippen molar-refractivity contribution in [3.8, 4) is 0 Å². The number of nitrogens with zero attached hydrogens (tertiary/aromatic N) is 1. The van der Waals surface area contributed by atoms with Crippen molar-refractivity contribution >= 4 is 20.0 Å². The molecule has 0 fully saturated rings. The summed E-state index contributed by atoms with van der Waals surface area (Å²) in [5.41, 5.74) is 3.90. The molecule has 1 aliphatic carbocycles. The molecule has 21 heavy (non-hydrogen) atoms. The standard InChI is InChI=1S/C19H20BN/c1-2-6-18-15(11-14-7-4-3-5-8-14)12-16-13-17(20)9-10-19(16)21-18/h3-5,7-8,10,12-13,17H,2,6,9,11H2,1H3. The number of rotatable bonds is 4. The SMILES string of the molecule is [B]C1C=c2cc(Cc3ccccc3)c(CCC)nc2=CC1. The van der Waals surface area contributed by atoms with Gasteiger partial charge in [-0.3, -0.25) is 4.98 Å². The van der Waals surface area contributed by atoms with Gasteiger partial charge in [-0.05, 0) is 41.7 Å². The first kappa shape index (κ1) is 14.1. The summed E-state index contributed by atoms with van der Waals surface area (Å²) in [7, 11) is 6.03. The van der Waals surface area contributed by atoms with Crippen LogP contribution in [-0.2, 0) is 12.8 Å². The Bertz CT molecular complexity index is 734. The topological polar surface area (TPSA) is 12.9 Å². The van der Waals surface area contributed by atoms with Gasteiger partial charge in [-0.2, -0.15) is 0 Å². The maximum Gasteiger partial charge on any atom is 0.0759 e. The van der Waals surface area contributed by atoms with E-state index >= 15 is 0 Å². The van der Waals surface area contributed by atoms with Gasteiger partial charge in [-0.1, -0.05) is 61.6 Å². The predicted molar refractivity (Wildman–Crippen MR) is 89.8 cm³/mol. The fourth-order valence-corrected chi connectivity index (χ4v) is 2.89. The van der Waals surface area contributed by atoms with Crippen LogP contribution in [-0.4, -0.2) is 12.8 Å². The third-order valence-electron chi connectivity index (χ3n) is 3.95. The Morgan fingerprint density at radius 3 is 2.81 bits per heavy atom. The Balaban J connectivity index is 2.06. The molecule has 2 heteroatoms. The summed E-state index contributed by atoms with van der Waals surface area (Å²) in [5, 5.41) is 2.30. The quantitative estimate of drug-likeness (QED) is 0.780. The van der Waals surface area contributed by atoms with Gasteiger partial charge in [0.25, 0.3) is 0 Å². The second-order valence-electron chi connectivity index (χ2n) is 5.75. The van der Waals surface area contributed by atoms with Crippen LogP contribution in [0, 0.1) is 0 Å².